The number of nitrogens with zero attached hydrogens (tertiary/aromatic N) is 5. The zero-order valence-electron chi connectivity index (χ0n) is 19.5. The van der Waals surface area contributed by atoms with E-state index in [-0.39, 0.29) is 17.8 Å². The Morgan fingerprint density at radius 1 is 1.34 bits per heavy atom. The first-order valence-corrected chi connectivity index (χ1v) is 12.0. The number of aromatic nitrogens is 3. The molecule has 2 aromatic heterocycles. The highest BCUT2D eigenvalue weighted by Crippen LogP contribution is 2.31. The van der Waals surface area contributed by atoms with E-state index in [1.165, 1.54) is 26.6 Å². The lowest BCUT2D eigenvalue weighted by Crippen LogP contribution is -2.31. The fourth-order valence-corrected chi connectivity index (χ4v) is 4.87. The molecular weight excluding hydrogens is 432 g/mol. The van der Waals surface area contributed by atoms with Gasteiger partial charge in [0.2, 0.25) is 11.8 Å². The summed E-state index contributed by atoms with van der Waals surface area (Å²) >= 11 is 0. The van der Waals surface area contributed by atoms with Gasteiger partial charge in [-0.3, -0.25) is 9.69 Å². The number of carbonyl (C=O) groups excluding carboxylic acids is 1. The van der Waals surface area contributed by atoms with Crippen molar-refractivity contribution in [2.75, 3.05) is 39.6 Å². The number of hydrogen-bond donors (Lipinski definition) is 1. The molecule has 1 aliphatic rings. The predicted molar refractivity (Wildman–Crippen MR) is 122 cm³/mol. The van der Waals surface area contributed by atoms with Gasteiger partial charge in [-0.15, -0.1) is 4.09 Å². The quantitative estimate of drug-likeness (QED) is 0.635. The van der Waals surface area contributed by atoms with Crippen molar-refractivity contribution in [1.82, 2.24) is 23.4 Å². The fourth-order valence-electron chi connectivity index (χ4n) is 4.01. The molecule has 10 nitrogen and oxygen atoms in total. The minimum atomic E-state index is -3.86. The number of hydrogen-bond acceptors (Lipinski definition) is 7. The predicted octanol–water partition coefficient (Wildman–Crippen LogP) is 1.83. The Labute approximate surface area is 189 Å². The largest absolute Gasteiger partial charge is 0.481 e. The van der Waals surface area contributed by atoms with Crippen molar-refractivity contribution in [2.45, 2.75) is 39.7 Å². The summed E-state index contributed by atoms with van der Waals surface area (Å²) in [5, 5.41) is 6.93. The monoisotopic (exact) mass is 464 g/mol. The zero-order chi connectivity index (χ0) is 23.6. The van der Waals surface area contributed by atoms with Crippen LogP contribution in [0.15, 0.2) is 18.2 Å². The zero-order valence-corrected chi connectivity index (χ0v) is 20.3. The molecule has 0 radical (unpaired) electrons. The summed E-state index contributed by atoms with van der Waals surface area (Å²) < 4.78 is 32.6. The van der Waals surface area contributed by atoms with Crippen LogP contribution in [0.2, 0.25) is 0 Å². The minimum Gasteiger partial charge on any atom is -0.481 e. The Hall–Kier alpha value is -2.50. The summed E-state index contributed by atoms with van der Waals surface area (Å²) in [6, 6.07) is 5.60. The molecule has 0 aliphatic carbocycles. The van der Waals surface area contributed by atoms with Gasteiger partial charge < -0.3 is 10.1 Å². The van der Waals surface area contributed by atoms with Crippen molar-refractivity contribution < 1.29 is 17.9 Å². The number of pyridine rings is 1. The number of methoxy groups -OCH3 is 1. The molecule has 0 bridgehead atoms. The average Bonchev–Trinajstić information content (AvgIpc) is 3.34. The molecule has 0 saturated carbocycles. The summed E-state index contributed by atoms with van der Waals surface area (Å²) in [7, 11) is 0.615. The number of aryl methyl sites for hydroxylation is 1. The van der Waals surface area contributed by atoms with Crippen LogP contribution < -0.4 is 10.1 Å². The van der Waals surface area contributed by atoms with Gasteiger partial charge >= 0.3 is 10.2 Å². The molecule has 1 aliphatic heterocycles. The van der Waals surface area contributed by atoms with Crippen LogP contribution in [0, 0.1) is 12.8 Å². The maximum atomic E-state index is 12.7. The highest BCUT2D eigenvalue weighted by Gasteiger charge is 2.31. The van der Waals surface area contributed by atoms with Crippen molar-refractivity contribution in [2.24, 2.45) is 5.92 Å². The maximum absolute atomic E-state index is 12.7. The van der Waals surface area contributed by atoms with Gasteiger partial charge in [-0.25, -0.2) is 4.98 Å². The Morgan fingerprint density at radius 2 is 2.06 bits per heavy atom. The van der Waals surface area contributed by atoms with Crippen LogP contribution in [-0.4, -0.2) is 72.0 Å². The molecule has 11 heteroatoms. The van der Waals surface area contributed by atoms with Gasteiger partial charge in [0.1, 0.15) is 5.82 Å². The van der Waals surface area contributed by atoms with Crippen molar-refractivity contribution in [3.63, 3.8) is 0 Å². The molecule has 1 N–H and O–H groups in total. The Kier molecular flexibility index (Phi) is 7.21. The maximum Gasteiger partial charge on any atom is 0.324 e. The molecule has 1 unspecified atom stereocenters. The van der Waals surface area contributed by atoms with Crippen molar-refractivity contribution in [3.8, 4) is 5.88 Å². The molecule has 2 atom stereocenters. The average molecular weight is 465 g/mol. The summed E-state index contributed by atoms with van der Waals surface area (Å²) in [6.45, 7) is 7.06. The minimum absolute atomic E-state index is 0.0974. The smallest absolute Gasteiger partial charge is 0.324 e. The van der Waals surface area contributed by atoms with Gasteiger partial charge in [0.05, 0.1) is 18.8 Å². The third kappa shape index (κ3) is 5.28. The normalized spacial score (nSPS) is 18.2. The first-order valence-electron chi connectivity index (χ1n) is 10.6. The molecule has 176 valence electrons. The summed E-state index contributed by atoms with van der Waals surface area (Å²) in [4.78, 5) is 18.2. The van der Waals surface area contributed by atoms with Crippen LogP contribution in [0.25, 0.3) is 0 Å². The first kappa shape index (κ1) is 24.1. The molecule has 32 heavy (non-hydrogen) atoms. The van der Waals surface area contributed by atoms with Crippen LogP contribution >= 0.6 is 0 Å². The van der Waals surface area contributed by atoms with Crippen molar-refractivity contribution in [3.05, 3.63) is 35.2 Å². The SMILES string of the molecule is COc1cc(C[C@@H]2CCN(C(C)c3cc(NC(C)=O)n(S(=O)(=O)N(C)C)n3)C2)cc(C)n1. The van der Waals surface area contributed by atoms with E-state index in [1.807, 2.05) is 19.9 Å². The van der Waals surface area contributed by atoms with Crippen LogP contribution in [0.1, 0.15) is 43.3 Å². The summed E-state index contributed by atoms with van der Waals surface area (Å²) in [5.41, 5.74) is 2.73. The van der Waals surface area contributed by atoms with Crippen LogP contribution in [-0.2, 0) is 21.4 Å². The number of nitrogens with one attached hydrogen (secondary N) is 1. The number of rotatable bonds is 8. The standard InChI is InChI=1S/C21H32N6O4S/c1-14-9-18(11-21(22-14)31-6)10-17-7-8-26(13-17)15(2)19-12-20(23-16(3)28)27(24-19)32(29,30)25(4)5/h9,11-12,15,17H,7-8,10,13H2,1-6H3,(H,23,28)/t15?,17-/m0/s1. The van der Waals surface area contributed by atoms with Crippen LogP contribution in [0.4, 0.5) is 5.82 Å². The third-order valence-electron chi connectivity index (χ3n) is 5.70. The number of carbonyl (C=O) groups is 1. The van der Waals surface area contributed by atoms with Gasteiger partial charge in [-0.2, -0.15) is 17.8 Å². The van der Waals surface area contributed by atoms with Crippen molar-refractivity contribution in [1.29, 1.82) is 0 Å². The number of anilines is 1. The lowest BCUT2D eigenvalue weighted by molar-refractivity contribution is -0.114. The van der Waals surface area contributed by atoms with Gasteiger partial charge in [-0.05, 0) is 50.8 Å². The van der Waals surface area contributed by atoms with E-state index in [0.717, 1.165) is 40.0 Å². The number of ether oxygens (including phenoxy) is 1. The van der Waals surface area contributed by atoms with E-state index >= 15 is 0 Å². The molecule has 1 saturated heterocycles. The topological polar surface area (TPSA) is 110 Å². The van der Waals surface area contributed by atoms with E-state index in [0.29, 0.717) is 17.5 Å². The second-order valence-electron chi connectivity index (χ2n) is 8.46. The highest BCUT2D eigenvalue weighted by molar-refractivity contribution is 7.87. The molecule has 0 spiro atoms. The molecule has 1 amide bonds. The Morgan fingerprint density at radius 3 is 2.69 bits per heavy atom. The Balaban J connectivity index is 1.77. The Bertz CT molecular complexity index is 1080. The number of amides is 1. The fraction of sp³-hybridized carbons (Fsp3) is 0.571. The van der Waals surface area contributed by atoms with Gasteiger partial charge in [-0.1, -0.05) is 0 Å². The molecule has 1 fully saturated rings. The van der Waals surface area contributed by atoms with Crippen LogP contribution in [0.3, 0.4) is 0 Å². The molecule has 3 rings (SSSR count). The van der Waals surface area contributed by atoms with E-state index in [4.69, 9.17) is 4.74 Å². The second kappa shape index (κ2) is 9.55. The second-order valence-corrected chi connectivity index (χ2v) is 10.4. The van der Waals surface area contributed by atoms with E-state index in [2.05, 4.69) is 26.4 Å². The van der Waals surface area contributed by atoms with Gasteiger partial charge in [0, 0.05) is 45.4 Å². The molecule has 0 aromatic carbocycles. The van der Waals surface area contributed by atoms with E-state index in [9.17, 15) is 13.2 Å². The summed E-state index contributed by atoms with van der Waals surface area (Å²) in [6.07, 6.45) is 1.95. The lowest BCUT2D eigenvalue weighted by atomic mass is 9.99. The van der Waals surface area contributed by atoms with Gasteiger partial charge in [0.25, 0.3) is 0 Å². The molecule has 2 aromatic rings. The van der Waals surface area contributed by atoms with Crippen molar-refractivity contribution >= 4 is 21.9 Å². The van der Waals surface area contributed by atoms with E-state index in [1.54, 1.807) is 13.2 Å². The highest BCUT2D eigenvalue weighted by atomic mass is 32.2. The molecule has 3 heterocycles. The number of likely N-dealkylation sites (tertiary alicyclic amines) is 1. The van der Waals surface area contributed by atoms with E-state index < -0.39 is 10.2 Å². The van der Waals surface area contributed by atoms with Crippen LogP contribution in [0.5, 0.6) is 5.88 Å². The van der Waals surface area contributed by atoms with Gasteiger partial charge in [0.15, 0.2) is 0 Å². The molecular formula is C21H32N6O4S. The third-order valence-corrected chi connectivity index (χ3v) is 7.34. The first-order chi connectivity index (χ1) is 15.0. The summed E-state index contributed by atoms with van der Waals surface area (Å²) in [5.74, 6) is 0.875. The lowest BCUT2D eigenvalue weighted by Gasteiger charge is -2.23.